The standard InChI is InChI=1S/C15H28ClN3/c1-7-8-17-14(11(4)10(2)3)9-13-12(5)18-19(6)15(13)16/h10-11,14,17H,7-9H2,1-6H3. The zero-order chi connectivity index (χ0) is 14.6. The molecule has 1 aromatic heterocycles. The average Bonchev–Trinajstić information content (AvgIpc) is 2.59. The van der Waals surface area contributed by atoms with Gasteiger partial charge >= 0.3 is 0 Å². The van der Waals surface area contributed by atoms with Crippen molar-refractivity contribution >= 4 is 11.6 Å². The van der Waals surface area contributed by atoms with E-state index in [1.807, 2.05) is 14.0 Å². The highest BCUT2D eigenvalue weighted by Crippen LogP contribution is 2.24. The van der Waals surface area contributed by atoms with Crippen LogP contribution in [0.3, 0.4) is 0 Å². The first-order chi connectivity index (χ1) is 8.88. The van der Waals surface area contributed by atoms with Crippen molar-refractivity contribution in [3.63, 3.8) is 0 Å². The van der Waals surface area contributed by atoms with Crippen molar-refractivity contribution in [2.45, 2.75) is 53.5 Å². The molecule has 0 aliphatic carbocycles. The minimum absolute atomic E-state index is 0.459. The van der Waals surface area contributed by atoms with Crippen LogP contribution in [0.5, 0.6) is 0 Å². The lowest BCUT2D eigenvalue weighted by molar-refractivity contribution is 0.297. The Morgan fingerprint density at radius 2 is 1.95 bits per heavy atom. The van der Waals surface area contributed by atoms with Gasteiger partial charge in [0.05, 0.1) is 5.69 Å². The second kappa shape index (κ2) is 7.30. The van der Waals surface area contributed by atoms with Crippen molar-refractivity contribution in [2.75, 3.05) is 6.54 Å². The highest BCUT2D eigenvalue weighted by molar-refractivity contribution is 6.30. The first-order valence-electron chi connectivity index (χ1n) is 7.29. The van der Waals surface area contributed by atoms with Crippen molar-refractivity contribution in [1.29, 1.82) is 0 Å². The number of nitrogens with zero attached hydrogens (tertiary/aromatic N) is 2. The van der Waals surface area contributed by atoms with E-state index in [9.17, 15) is 0 Å². The second-order valence-corrected chi connectivity index (χ2v) is 6.20. The molecule has 2 atom stereocenters. The van der Waals surface area contributed by atoms with Crippen molar-refractivity contribution in [3.05, 3.63) is 16.4 Å². The fourth-order valence-corrected chi connectivity index (χ4v) is 2.62. The number of halogens is 1. The van der Waals surface area contributed by atoms with Gasteiger partial charge in [-0.3, -0.25) is 4.68 Å². The van der Waals surface area contributed by atoms with Gasteiger partial charge in [0.15, 0.2) is 0 Å². The molecule has 19 heavy (non-hydrogen) atoms. The smallest absolute Gasteiger partial charge is 0.130 e. The molecular weight excluding hydrogens is 258 g/mol. The largest absolute Gasteiger partial charge is 0.313 e. The number of aryl methyl sites for hydroxylation is 2. The van der Waals surface area contributed by atoms with Gasteiger partial charge in [-0.1, -0.05) is 39.3 Å². The van der Waals surface area contributed by atoms with Gasteiger partial charge in [-0.2, -0.15) is 5.10 Å². The minimum Gasteiger partial charge on any atom is -0.313 e. The molecule has 1 heterocycles. The topological polar surface area (TPSA) is 29.9 Å². The lowest BCUT2D eigenvalue weighted by Gasteiger charge is -2.28. The zero-order valence-electron chi connectivity index (χ0n) is 13.1. The van der Waals surface area contributed by atoms with E-state index in [2.05, 4.69) is 38.1 Å². The number of hydrogen-bond acceptors (Lipinski definition) is 2. The van der Waals surface area contributed by atoms with Gasteiger partial charge in [0.2, 0.25) is 0 Å². The molecular formula is C15H28ClN3. The fourth-order valence-electron chi connectivity index (χ4n) is 2.36. The molecule has 4 heteroatoms. The molecule has 110 valence electrons. The van der Waals surface area contributed by atoms with Crippen molar-refractivity contribution in [2.24, 2.45) is 18.9 Å². The molecule has 0 radical (unpaired) electrons. The monoisotopic (exact) mass is 285 g/mol. The van der Waals surface area contributed by atoms with E-state index < -0.39 is 0 Å². The Balaban J connectivity index is 2.87. The highest BCUT2D eigenvalue weighted by atomic mass is 35.5. The summed E-state index contributed by atoms with van der Waals surface area (Å²) < 4.78 is 1.77. The van der Waals surface area contributed by atoms with Crippen molar-refractivity contribution < 1.29 is 0 Å². The molecule has 0 amide bonds. The molecule has 0 saturated heterocycles. The van der Waals surface area contributed by atoms with Crippen LogP contribution < -0.4 is 5.32 Å². The Bertz CT molecular complexity index is 398. The Morgan fingerprint density at radius 1 is 1.32 bits per heavy atom. The average molecular weight is 286 g/mol. The van der Waals surface area contributed by atoms with Crippen molar-refractivity contribution in [3.8, 4) is 0 Å². The first kappa shape index (κ1) is 16.5. The zero-order valence-corrected chi connectivity index (χ0v) is 13.9. The number of rotatable bonds is 7. The molecule has 2 unspecified atom stereocenters. The molecule has 0 bridgehead atoms. The summed E-state index contributed by atoms with van der Waals surface area (Å²) in [7, 11) is 1.90. The van der Waals surface area contributed by atoms with Crippen LogP contribution in [0.25, 0.3) is 0 Å². The van der Waals surface area contributed by atoms with Crippen LogP contribution in [0.15, 0.2) is 0 Å². The summed E-state index contributed by atoms with van der Waals surface area (Å²) in [6, 6.07) is 0.459. The minimum atomic E-state index is 0.459. The molecule has 0 spiro atoms. The fraction of sp³-hybridized carbons (Fsp3) is 0.800. The van der Waals surface area contributed by atoms with Gasteiger partial charge in [-0.05, 0) is 38.1 Å². The van der Waals surface area contributed by atoms with Gasteiger partial charge in [0, 0.05) is 18.7 Å². The van der Waals surface area contributed by atoms with Gasteiger partial charge in [0.25, 0.3) is 0 Å². The number of aromatic nitrogens is 2. The van der Waals surface area contributed by atoms with Crippen LogP contribution in [0.4, 0.5) is 0 Å². The molecule has 0 aliphatic heterocycles. The number of hydrogen-bond donors (Lipinski definition) is 1. The Kier molecular flexibility index (Phi) is 6.34. The van der Waals surface area contributed by atoms with Crippen LogP contribution in [0.2, 0.25) is 5.15 Å². The van der Waals surface area contributed by atoms with Gasteiger partial charge in [-0.15, -0.1) is 0 Å². The van der Waals surface area contributed by atoms with Crippen LogP contribution in [-0.4, -0.2) is 22.4 Å². The van der Waals surface area contributed by atoms with E-state index >= 15 is 0 Å². The SMILES string of the molecule is CCCNC(Cc1c(C)nn(C)c1Cl)C(C)C(C)C. The molecule has 1 aromatic rings. The maximum atomic E-state index is 6.35. The predicted molar refractivity (Wildman–Crippen MR) is 82.7 cm³/mol. The molecule has 1 N–H and O–H groups in total. The van der Waals surface area contributed by atoms with E-state index in [-0.39, 0.29) is 0 Å². The lowest BCUT2D eigenvalue weighted by atomic mass is 9.86. The van der Waals surface area contributed by atoms with Crippen LogP contribution in [-0.2, 0) is 13.5 Å². The van der Waals surface area contributed by atoms with Crippen LogP contribution in [0.1, 0.15) is 45.4 Å². The summed E-state index contributed by atoms with van der Waals surface area (Å²) >= 11 is 6.35. The van der Waals surface area contributed by atoms with Gasteiger partial charge in [0.1, 0.15) is 5.15 Å². The molecule has 1 rings (SSSR count). The van der Waals surface area contributed by atoms with E-state index in [4.69, 9.17) is 11.6 Å². The summed E-state index contributed by atoms with van der Waals surface area (Å²) in [5.41, 5.74) is 2.23. The third-order valence-electron chi connectivity index (χ3n) is 4.04. The molecule has 3 nitrogen and oxygen atoms in total. The quantitative estimate of drug-likeness (QED) is 0.830. The van der Waals surface area contributed by atoms with Crippen molar-refractivity contribution in [1.82, 2.24) is 15.1 Å². The lowest BCUT2D eigenvalue weighted by Crippen LogP contribution is -2.39. The normalized spacial score (nSPS) is 14.9. The highest BCUT2D eigenvalue weighted by Gasteiger charge is 2.23. The Morgan fingerprint density at radius 3 is 2.37 bits per heavy atom. The van der Waals surface area contributed by atoms with E-state index in [0.717, 1.165) is 30.2 Å². The summed E-state index contributed by atoms with van der Waals surface area (Å²) in [6.45, 7) is 12.2. The Labute approximate surface area is 122 Å². The summed E-state index contributed by atoms with van der Waals surface area (Å²) in [4.78, 5) is 0. The summed E-state index contributed by atoms with van der Waals surface area (Å²) in [5.74, 6) is 1.27. The summed E-state index contributed by atoms with van der Waals surface area (Å²) in [5, 5.41) is 8.85. The van der Waals surface area contributed by atoms with E-state index in [0.29, 0.717) is 17.9 Å². The molecule has 0 fully saturated rings. The van der Waals surface area contributed by atoms with E-state index in [1.165, 1.54) is 5.56 Å². The van der Waals surface area contributed by atoms with Gasteiger partial charge < -0.3 is 5.32 Å². The molecule has 0 aliphatic rings. The van der Waals surface area contributed by atoms with Gasteiger partial charge in [-0.25, -0.2) is 0 Å². The number of nitrogens with one attached hydrogen (secondary N) is 1. The first-order valence-corrected chi connectivity index (χ1v) is 7.67. The second-order valence-electron chi connectivity index (χ2n) is 5.85. The van der Waals surface area contributed by atoms with E-state index in [1.54, 1.807) is 4.68 Å². The Hall–Kier alpha value is -0.540. The maximum Gasteiger partial charge on any atom is 0.130 e. The van der Waals surface area contributed by atoms with Crippen LogP contribution in [0, 0.1) is 18.8 Å². The third kappa shape index (κ3) is 4.22. The molecule has 0 aromatic carbocycles. The third-order valence-corrected chi connectivity index (χ3v) is 4.51. The predicted octanol–water partition coefficient (Wildman–Crippen LogP) is 3.58. The summed E-state index contributed by atoms with van der Waals surface area (Å²) in [6.07, 6.45) is 2.11. The maximum absolute atomic E-state index is 6.35. The van der Waals surface area contributed by atoms with Crippen LogP contribution >= 0.6 is 11.6 Å². The molecule has 0 saturated carbocycles.